The van der Waals surface area contributed by atoms with Crippen molar-refractivity contribution in [2.75, 3.05) is 7.05 Å². The first-order valence-corrected chi connectivity index (χ1v) is 6.02. The first-order chi connectivity index (χ1) is 7.06. The Bertz CT molecular complexity index is 269. The Hall–Kier alpha value is -0.640. The van der Waals surface area contributed by atoms with E-state index < -0.39 is 0 Å². The van der Waals surface area contributed by atoms with E-state index in [0.717, 1.165) is 4.99 Å². The van der Waals surface area contributed by atoms with Crippen molar-refractivity contribution < 1.29 is 4.79 Å². The minimum absolute atomic E-state index is 0.0354. The van der Waals surface area contributed by atoms with Gasteiger partial charge < -0.3 is 10.2 Å². The molecule has 0 aromatic carbocycles. The minimum atomic E-state index is -0.0676. The highest BCUT2D eigenvalue weighted by Crippen LogP contribution is 2.13. The van der Waals surface area contributed by atoms with E-state index >= 15 is 0 Å². The third kappa shape index (κ3) is 4.92. The Morgan fingerprint density at radius 3 is 2.00 bits per heavy atom. The van der Waals surface area contributed by atoms with Crippen LogP contribution in [-0.2, 0) is 4.79 Å². The Balaban J connectivity index is 4.80. The number of rotatable bonds is 3. The SMILES string of the molecule is CC(=O)N(C)[C@@H](C(=S)NC(C)(C)C)C(C)C. The normalized spacial score (nSPS) is 13.5. The topological polar surface area (TPSA) is 32.3 Å². The molecule has 0 saturated heterocycles. The summed E-state index contributed by atoms with van der Waals surface area (Å²) < 4.78 is 0. The number of nitrogens with zero attached hydrogens (tertiary/aromatic N) is 1. The van der Waals surface area contributed by atoms with Crippen LogP contribution in [0, 0.1) is 5.92 Å². The summed E-state index contributed by atoms with van der Waals surface area (Å²) in [5.41, 5.74) is -0.0676. The number of carbonyl (C=O) groups excluding carboxylic acids is 1. The van der Waals surface area contributed by atoms with Gasteiger partial charge in [0, 0.05) is 19.5 Å². The maximum absolute atomic E-state index is 11.4. The summed E-state index contributed by atoms with van der Waals surface area (Å²) in [5.74, 6) is 0.341. The van der Waals surface area contributed by atoms with Gasteiger partial charge in [-0.05, 0) is 26.7 Å². The van der Waals surface area contributed by atoms with Crippen LogP contribution in [0.4, 0.5) is 0 Å². The Morgan fingerprint density at radius 2 is 1.75 bits per heavy atom. The fourth-order valence-corrected chi connectivity index (χ4v) is 2.30. The van der Waals surface area contributed by atoms with Crippen molar-refractivity contribution in [3.8, 4) is 0 Å². The number of nitrogens with one attached hydrogen (secondary N) is 1. The second-order valence-corrected chi connectivity index (χ2v) is 6.00. The van der Waals surface area contributed by atoms with Gasteiger partial charge in [-0.2, -0.15) is 0 Å². The molecule has 3 nitrogen and oxygen atoms in total. The van der Waals surface area contributed by atoms with Crippen LogP contribution in [0.25, 0.3) is 0 Å². The van der Waals surface area contributed by atoms with Gasteiger partial charge in [-0.1, -0.05) is 26.1 Å². The van der Waals surface area contributed by atoms with Gasteiger partial charge in [-0.15, -0.1) is 0 Å². The van der Waals surface area contributed by atoms with Crippen molar-refractivity contribution in [2.24, 2.45) is 5.92 Å². The number of hydrogen-bond acceptors (Lipinski definition) is 2. The summed E-state index contributed by atoms with van der Waals surface area (Å²) in [5, 5.41) is 3.27. The van der Waals surface area contributed by atoms with Gasteiger partial charge in [0.2, 0.25) is 5.91 Å². The second-order valence-electron chi connectivity index (χ2n) is 5.56. The molecule has 1 amide bonds. The molecule has 1 N–H and O–H groups in total. The summed E-state index contributed by atoms with van der Waals surface area (Å²) in [7, 11) is 1.80. The van der Waals surface area contributed by atoms with Gasteiger partial charge in [0.15, 0.2) is 0 Å². The number of hydrogen-bond donors (Lipinski definition) is 1. The first kappa shape index (κ1) is 15.4. The van der Waals surface area contributed by atoms with Gasteiger partial charge in [0.25, 0.3) is 0 Å². The molecular weight excluding hydrogens is 220 g/mol. The fourth-order valence-electron chi connectivity index (χ4n) is 1.57. The van der Waals surface area contributed by atoms with Crippen LogP contribution >= 0.6 is 12.2 Å². The third-order valence-electron chi connectivity index (χ3n) is 2.31. The molecule has 0 rings (SSSR count). The molecule has 94 valence electrons. The number of likely N-dealkylation sites (N-methyl/N-ethyl adjacent to an activating group) is 1. The predicted octanol–water partition coefficient (Wildman–Crippen LogP) is 2.20. The smallest absolute Gasteiger partial charge is 0.219 e. The van der Waals surface area contributed by atoms with Crippen molar-refractivity contribution in [1.82, 2.24) is 10.2 Å². The Labute approximate surface area is 105 Å². The standard InChI is InChI=1S/C12H24N2OS/c1-8(2)10(14(7)9(3)15)11(16)13-12(4,5)6/h8,10H,1-7H3,(H,13,16)/t10-/m1/s1. The van der Waals surface area contributed by atoms with Gasteiger partial charge in [-0.25, -0.2) is 0 Å². The molecule has 0 spiro atoms. The lowest BCUT2D eigenvalue weighted by atomic mass is 10.0. The number of carbonyl (C=O) groups is 1. The summed E-state index contributed by atoms with van der Waals surface area (Å²) in [6.45, 7) is 11.9. The first-order valence-electron chi connectivity index (χ1n) is 5.61. The van der Waals surface area contributed by atoms with Crippen LogP contribution in [-0.4, -0.2) is 34.4 Å². The summed E-state index contributed by atoms with van der Waals surface area (Å²) in [6, 6.07) is -0.0354. The zero-order valence-electron chi connectivity index (χ0n) is 11.4. The molecular formula is C12H24N2OS. The van der Waals surface area contributed by atoms with Crippen molar-refractivity contribution >= 4 is 23.1 Å². The molecule has 1 atom stereocenters. The van der Waals surface area contributed by atoms with E-state index in [9.17, 15) is 4.79 Å². The second kappa shape index (κ2) is 5.62. The largest absolute Gasteiger partial charge is 0.373 e. The highest BCUT2D eigenvalue weighted by Gasteiger charge is 2.27. The molecule has 0 aromatic rings. The van der Waals surface area contributed by atoms with Crippen LogP contribution in [0.5, 0.6) is 0 Å². The molecule has 0 bridgehead atoms. The van der Waals surface area contributed by atoms with E-state index in [2.05, 4.69) is 39.9 Å². The van der Waals surface area contributed by atoms with E-state index in [1.165, 1.54) is 0 Å². The maximum Gasteiger partial charge on any atom is 0.219 e. The van der Waals surface area contributed by atoms with Gasteiger partial charge in [-0.3, -0.25) is 4.79 Å². The quantitative estimate of drug-likeness (QED) is 0.773. The molecule has 0 unspecified atom stereocenters. The van der Waals surface area contributed by atoms with E-state index in [4.69, 9.17) is 12.2 Å². The number of thiocarbonyl (C=S) groups is 1. The molecule has 0 heterocycles. The summed E-state index contributed by atoms with van der Waals surface area (Å²) >= 11 is 5.39. The highest BCUT2D eigenvalue weighted by atomic mass is 32.1. The predicted molar refractivity (Wildman–Crippen MR) is 72.6 cm³/mol. The van der Waals surface area contributed by atoms with Crippen LogP contribution in [0.15, 0.2) is 0 Å². The lowest BCUT2D eigenvalue weighted by Gasteiger charge is -2.34. The molecule has 4 heteroatoms. The Morgan fingerprint density at radius 1 is 1.31 bits per heavy atom. The molecule has 0 saturated carbocycles. The van der Waals surface area contributed by atoms with Crippen LogP contribution < -0.4 is 5.32 Å². The molecule has 0 aliphatic rings. The van der Waals surface area contributed by atoms with E-state index in [0.29, 0.717) is 5.92 Å². The minimum Gasteiger partial charge on any atom is -0.373 e. The maximum atomic E-state index is 11.4. The summed E-state index contributed by atoms with van der Waals surface area (Å²) in [6.07, 6.45) is 0. The van der Waals surface area contributed by atoms with Gasteiger partial charge in [0.1, 0.15) is 0 Å². The van der Waals surface area contributed by atoms with Gasteiger partial charge in [0.05, 0.1) is 11.0 Å². The fraction of sp³-hybridized carbons (Fsp3) is 0.833. The monoisotopic (exact) mass is 244 g/mol. The van der Waals surface area contributed by atoms with E-state index in [1.807, 2.05) is 0 Å². The zero-order chi connectivity index (χ0) is 13.1. The highest BCUT2D eigenvalue weighted by molar-refractivity contribution is 7.80. The van der Waals surface area contributed by atoms with Crippen LogP contribution in [0.2, 0.25) is 0 Å². The Kier molecular flexibility index (Phi) is 5.39. The molecule has 0 aromatic heterocycles. The zero-order valence-corrected chi connectivity index (χ0v) is 12.2. The van der Waals surface area contributed by atoms with Crippen molar-refractivity contribution in [3.63, 3.8) is 0 Å². The van der Waals surface area contributed by atoms with E-state index in [-0.39, 0.29) is 17.5 Å². The lowest BCUT2D eigenvalue weighted by Crippen LogP contribution is -2.53. The molecule has 0 radical (unpaired) electrons. The van der Waals surface area contributed by atoms with Crippen molar-refractivity contribution in [1.29, 1.82) is 0 Å². The molecule has 0 aliphatic carbocycles. The van der Waals surface area contributed by atoms with Crippen LogP contribution in [0.1, 0.15) is 41.5 Å². The third-order valence-corrected chi connectivity index (χ3v) is 2.66. The van der Waals surface area contributed by atoms with Gasteiger partial charge >= 0.3 is 0 Å². The number of amides is 1. The average molecular weight is 244 g/mol. The van der Waals surface area contributed by atoms with Crippen molar-refractivity contribution in [2.45, 2.75) is 53.1 Å². The molecule has 0 fully saturated rings. The molecule has 0 aliphatic heterocycles. The van der Waals surface area contributed by atoms with Crippen LogP contribution in [0.3, 0.4) is 0 Å². The van der Waals surface area contributed by atoms with E-state index in [1.54, 1.807) is 18.9 Å². The van der Waals surface area contributed by atoms with Crippen molar-refractivity contribution in [3.05, 3.63) is 0 Å². The molecule has 16 heavy (non-hydrogen) atoms. The average Bonchev–Trinajstić information content (AvgIpc) is 1.99. The summed E-state index contributed by atoms with van der Waals surface area (Å²) in [4.78, 5) is 13.8. The lowest BCUT2D eigenvalue weighted by molar-refractivity contribution is -0.129.